The molecule has 2 aromatic rings. The van der Waals surface area contributed by atoms with E-state index in [1.807, 2.05) is 18.2 Å². The Hall–Kier alpha value is -1.46. The summed E-state index contributed by atoms with van der Waals surface area (Å²) in [4.78, 5) is 0. The van der Waals surface area contributed by atoms with E-state index < -0.39 is 0 Å². The van der Waals surface area contributed by atoms with Gasteiger partial charge in [0.2, 0.25) is 0 Å². The van der Waals surface area contributed by atoms with E-state index in [-0.39, 0.29) is 0 Å². The van der Waals surface area contributed by atoms with Crippen molar-refractivity contribution < 1.29 is 4.74 Å². The number of benzene rings is 1. The lowest BCUT2D eigenvalue weighted by molar-refractivity contribution is 0.414. The van der Waals surface area contributed by atoms with Crippen LogP contribution < -0.4 is 10.1 Å². The van der Waals surface area contributed by atoms with Crippen LogP contribution in [0.3, 0.4) is 0 Å². The van der Waals surface area contributed by atoms with E-state index in [1.165, 1.54) is 5.56 Å². The van der Waals surface area contributed by atoms with Gasteiger partial charge in [-0.05, 0) is 17.7 Å². The third-order valence-corrected chi connectivity index (χ3v) is 3.87. The average molecular weight is 291 g/mol. The average Bonchev–Trinajstić information content (AvgIpc) is 2.86. The van der Waals surface area contributed by atoms with Gasteiger partial charge < -0.3 is 10.1 Å². The van der Waals surface area contributed by atoms with Crippen molar-refractivity contribution in [2.45, 2.75) is 32.7 Å². The smallest absolute Gasteiger partial charge is 0.121 e. The Labute approximate surface area is 124 Å². The zero-order valence-electron chi connectivity index (χ0n) is 12.2. The summed E-state index contributed by atoms with van der Waals surface area (Å²) >= 11 is 1.69. The summed E-state index contributed by atoms with van der Waals surface area (Å²) in [6, 6.07) is 8.60. The highest BCUT2D eigenvalue weighted by molar-refractivity contribution is 7.11. The Bertz CT molecular complexity index is 539. The molecule has 1 N–H and O–H groups in total. The topological polar surface area (TPSA) is 47.0 Å². The van der Waals surface area contributed by atoms with Crippen LogP contribution >= 0.6 is 11.3 Å². The van der Waals surface area contributed by atoms with Gasteiger partial charge in [0.25, 0.3) is 0 Å². The first-order valence-corrected chi connectivity index (χ1v) is 7.66. The van der Waals surface area contributed by atoms with E-state index in [0.717, 1.165) is 35.2 Å². The molecule has 0 unspecified atom stereocenters. The second-order valence-electron chi connectivity index (χ2n) is 4.98. The van der Waals surface area contributed by atoms with Crippen LogP contribution in [0.5, 0.6) is 5.75 Å². The maximum atomic E-state index is 5.23. The van der Waals surface area contributed by atoms with E-state index >= 15 is 0 Å². The molecule has 5 heteroatoms. The van der Waals surface area contributed by atoms with Crippen molar-refractivity contribution in [1.82, 2.24) is 15.5 Å². The molecule has 0 amide bonds. The molecule has 4 nitrogen and oxygen atoms in total. The van der Waals surface area contributed by atoms with Gasteiger partial charge in [0.1, 0.15) is 15.8 Å². The van der Waals surface area contributed by atoms with Crippen molar-refractivity contribution in [3.05, 3.63) is 39.8 Å². The number of nitrogens with zero attached hydrogens (tertiary/aromatic N) is 2. The molecule has 20 heavy (non-hydrogen) atoms. The molecule has 0 spiro atoms. The van der Waals surface area contributed by atoms with Crippen molar-refractivity contribution in [3.63, 3.8) is 0 Å². The third-order valence-electron chi connectivity index (χ3n) is 2.89. The lowest BCUT2D eigenvalue weighted by Crippen LogP contribution is -2.24. The minimum atomic E-state index is 0.513. The largest absolute Gasteiger partial charge is 0.497 e. The summed E-state index contributed by atoms with van der Waals surface area (Å²) in [6.45, 7) is 5.24. The van der Waals surface area contributed by atoms with Crippen LogP contribution in [0.2, 0.25) is 0 Å². The predicted molar refractivity (Wildman–Crippen MR) is 82.6 cm³/mol. The summed E-state index contributed by atoms with van der Waals surface area (Å²) in [5, 5.41) is 14.1. The molecule has 1 aromatic heterocycles. The van der Waals surface area contributed by atoms with Crippen molar-refractivity contribution in [1.29, 1.82) is 0 Å². The molecular formula is C15H21N3OS. The first-order chi connectivity index (χ1) is 9.67. The molecule has 0 aliphatic carbocycles. The summed E-state index contributed by atoms with van der Waals surface area (Å²) in [7, 11) is 1.68. The summed E-state index contributed by atoms with van der Waals surface area (Å²) in [5.41, 5.74) is 1.20. The van der Waals surface area contributed by atoms with Crippen LogP contribution in [0.1, 0.15) is 29.4 Å². The summed E-state index contributed by atoms with van der Waals surface area (Å²) in [5.74, 6) is 0.883. The van der Waals surface area contributed by atoms with Gasteiger partial charge in [-0.1, -0.05) is 26.0 Å². The Morgan fingerprint density at radius 1 is 1.25 bits per heavy atom. The number of hydrogen-bond donors (Lipinski definition) is 1. The number of ether oxygens (including phenoxy) is 1. The van der Waals surface area contributed by atoms with Crippen LogP contribution in [-0.2, 0) is 12.8 Å². The molecule has 0 radical (unpaired) electrons. The molecule has 108 valence electrons. The first-order valence-electron chi connectivity index (χ1n) is 6.85. The van der Waals surface area contributed by atoms with Gasteiger partial charge in [-0.15, -0.1) is 21.5 Å². The molecule has 0 aliphatic heterocycles. The van der Waals surface area contributed by atoms with Crippen LogP contribution in [0.25, 0.3) is 0 Å². The maximum Gasteiger partial charge on any atom is 0.121 e. The minimum absolute atomic E-state index is 0.513. The van der Waals surface area contributed by atoms with Crippen LogP contribution in [0.15, 0.2) is 24.3 Å². The number of methoxy groups -OCH3 is 1. The van der Waals surface area contributed by atoms with Gasteiger partial charge in [-0.25, -0.2) is 0 Å². The van der Waals surface area contributed by atoms with Crippen LogP contribution in [0.4, 0.5) is 0 Å². The standard InChI is InChI=1S/C15H21N3OS/c1-11(2)16-8-7-14-17-18-15(20-14)10-12-5-4-6-13(9-12)19-3/h4-6,9,11,16H,7-8,10H2,1-3H3. The van der Waals surface area contributed by atoms with Gasteiger partial charge in [0, 0.05) is 25.4 Å². The lowest BCUT2D eigenvalue weighted by Gasteiger charge is -2.05. The highest BCUT2D eigenvalue weighted by Gasteiger charge is 2.06. The highest BCUT2D eigenvalue weighted by Crippen LogP contribution is 2.18. The van der Waals surface area contributed by atoms with Gasteiger partial charge >= 0.3 is 0 Å². The Morgan fingerprint density at radius 2 is 2.05 bits per heavy atom. The fourth-order valence-corrected chi connectivity index (χ4v) is 2.76. The van der Waals surface area contributed by atoms with Crippen LogP contribution in [0, 0.1) is 0 Å². The molecule has 1 aromatic carbocycles. The second kappa shape index (κ2) is 7.36. The zero-order chi connectivity index (χ0) is 14.4. The SMILES string of the molecule is COc1cccc(Cc2nnc(CCNC(C)C)s2)c1. The van der Waals surface area contributed by atoms with Gasteiger partial charge in [0.05, 0.1) is 7.11 Å². The fraction of sp³-hybridized carbons (Fsp3) is 0.467. The quantitative estimate of drug-likeness (QED) is 0.852. The third kappa shape index (κ3) is 4.58. The maximum absolute atomic E-state index is 5.23. The van der Waals surface area contributed by atoms with E-state index in [9.17, 15) is 0 Å². The number of nitrogens with one attached hydrogen (secondary N) is 1. The molecule has 0 atom stereocenters. The Balaban J connectivity index is 1.91. The Kier molecular flexibility index (Phi) is 5.49. The van der Waals surface area contributed by atoms with Crippen molar-refractivity contribution >= 4 is 11.3 Å². The van der Waals surface area contributed by atoms with E-state index in [4.69, 9.17) is 4.74 Å². The molecule has 0 aliphatic rings. The van der Waals surface area contributed by atoms with Crippen molar-refractivity contribution in [2.75, 3.05) is 13.7 Å². The number of hydrogen-bond acceptors (Lipinski definition) is 5. The first kappa shape index (κ1) is 14.9. The molecule has 1 heterocycles. The summed E-state index contributed by atoms with van der Waals surface area (Å²) in [6.07, 6.45) is 1.75. The number of rotatable bonds is 7. The molecular weight excluding hydrogens is 270 g/mol. The fourth-order valence-electron chi connectivity index (χ4n) is 1.89. The minimum Gasteiger partial charge on any atom is -0.497 e. The molecule has 0 saturated carbocycles. The molecule has 0 fully saturated rings. The molecule has 0 saturated heterocycles. The van der Waals surface area contributed by atoms with Crippen molar-refractivity contribution in [3.8, 4) is 5.75 Å². The summed E-state index contributed by atoms with van der Waals surface area (Å²) < 4.78 is 5.23. The lowest BCUT2D eigenvalue weighted by atomic mass is 10.1. The molecule has 2 rings (SSSR count). The van der Waals surface area contributed by atoms with E-state index in [0.29, 0.717) is 6.04 Å². The normalized spacial score (nSPS) is 11.0. The Morgan fingerprint density at radius 3 is 2.80 bits per heavy atom. The van der Waals surface area contributed by atoms with E-state index in [2.05, 4.69) is 35.4 Å². The van der Waals surface area contributed by atoms with Gasteiger partial charge in [-0.2, -0.15) is 0 Å². The second-order valence-corrected chi connectivity index (χ2v) is 6.12. The monoisotopic (exact) mass is 291 g/mol. The number of aromatic nitrogens is 2. The molecule has 0 bridgehead atoms. The highest BCUT2D eigenvalue weighted by atomic mass is 32.1. The van der Waals surface area contributed by atoms with Crippen molar-refractivity contribution in [2.24, 2.45) is 0 Å². The van der Waals surface area contributed by atoms with E-state index in [1.54, 1.807) is 18.4 Å². The predicted octanol–water partition coefficient (Wildman–Crippen LogP) is 2.68. The van der Waals surface area contributed by atoms with Gasteiger partial charge in [0.15, 0.2) is 0 Å². The van der Waals surface area contributed by atoms with Gasteiger partial charge in [-0.3, -0.25) is 0 Å². The zero-order valence-corrected chi connectivity index (χ0v) is 13.0. The van der Waals surface area contributed by atoms with Crippen LogP contribution in [-0.4, -0.2) is 29.9 Å².